The van der Waals surface area contributed by atoms with Gasteiger partial charge in [-0.25, -0.2) is 4.98 Å². The first-order valence-electron chi connectivity index (χ1n) is 6.63. The van der Waals surface area contributed by atoms with Crippen molar-refractivity contribution in [1.82, 2.24) is 4.98 Å². The summed E-state index contributed by atoms with van der Waals surface area (Å²) in [5.74, 6) is 0.945. The van der Waals surface area contributed by atoms with Gasteiger partial charge in [-0.05, 0) is 38.3 Å². The van der Waals surface area contributed by atoms with E-state index in [9.17, 15) is 0 Å². The van der Waals surface area contributed by atoms with Crippen LogP contribution in [0.25, 0.3) is 10.8 Å². The van der Waals surface area contributed by atoms with Crippen LogP contribution in [0.15, 0.2) is 28.7 Å². The number of fused-ring (bicyclic) bond motifs is 1. The normalized spacial score (nSPS) is 10.9. The molecule has 2 rings (SSSR count). The molecule has 3 nitrogen and oxygen atoms in total. The largest absolute Gasteiger partial charge is 0.396 e. The van der Waals surface area contributed by atoms with Crippen molar-refractivity contribution in [2.24, 2.45) is 0 Å². The van der Waals surface area contributed by atoms with E-state index < -0.39 is 0 Å². The van der Waals surface area contributed by atoms with E-state index in [4.69, 9.17) is 5.11 Å². The quantitative estimate of drug-likeness (QED) is 0.793. The van der Waals surface area contributed by atoms with Gasteiger partial charge in [0.1, 0.15) is 5.82 Å². The minimum atomic E-state index is 0.276. The molecule has 0 spiro atoms. The van der Waals surface area contributed by atoms with E-state index in [1.165, 1.54) is 5.39 Å². The molecule has 0 aliphatic heterocycles. The SMILES string of the molecule is Cc1cc2c(Br)cccc2c(NCCCCCO)n1. The molecule has 1 aromatic heterocycles. The number of aromatic nitrogens is 1. The molecule has 0 amide bonds. The molecule has 1 aromatic carbocycles. The lowest BCUT2D eigenvalue weighted by Crippen LogP contribution is -2.05. The molecule has 102 valence electrons. The number of anilines is 1. The molecule has 4 heteroatoms. The lowest BCUT2D eigenvalue weighted by atomic mass is 10.1. The first kappa shape index (κ1) is 14.3. The van der Waals surface area contributed by atoms with Crippen molar-refractivity contribution < 1.29 is 5.11 Å². The zero-order valence-corrected chi connectivity index (χ0v) is 12.7. The Balaban J connectivity index is 2.16. The number of nitrogens with one attached hydrogen (secondary N) is 1. The summed E-state index contributed by atoms with van der Waals surface area (Å²) in [6.45, 7) is 3.17. The van der Waals surface area contributed by atoms with Gasteiger partial charge in [0.25, 0.3) is 0 Å². The monoisotopic (exact) mass is 322 g/mol. The third kappa shape index (κ3) is 3.67. The highest BCUT2D eigenvalue weighted by molar-refractivity contribution is 9.10. The van der Waals surface area contributed by atoms with Crippen molar-refractivity contribution in [1.29, 1.82) is 0 Å². The van der Waals surface area contributed by atoms with Gasteiger partial charge >= 0.3 is 0 Å². The summed E-state index contributed by atoms with van der Waals surface area (Å²) < 4.78 is 1.10. The third-order valence-electron chi connectivity index (χ3n) is 3.08. The number of hydrogen-bond acceptors (Lipinski definition) is 3. The van der Waals surface area contributed by atoms with Crippen LogP contribution in [0.1, 0.15) is 25.0 Å². The number of halogens is 1. The van der Waals surface area contributed by atoms with Crippen molar-refractivity contribution in [3.05, 3.63) is 34.4 Å². The van der Waals surface area contributed by atoms with Gasteiger partial charge in [0.2, 0.25) is 0 Å². The maximum absolute atomic E-state index is 8.75. The Labute approximate surface area is 122 Å². The lowest BCUT2D eigenvalue weighted by Gasteiger charge is -2.11. The molecule has 0 bridgehead atoms. The average molecular weight is 323 g/mol. The number of rotatable bonds is 6. The Bertz CT molecular complexity index is 557. The number of pyridine rings is 1. The molecule has 0 atom stereocenters. The van der Waals surface area contributed by atoms with Crippen molar-refractivity contribution in [2.75, 3.05) is 18.5 Å². The molecule has 1 heterocycles. The third-order valence-corrected chi connectivity index (χ3v) is 3.77. The van der Waals surface area contributed by atoms with Gasteiger partial charge in [-0.1, -0.05) is 28.1 Å². The number of benzene rings is 1. The zero-order valence-electron chi connectivity index (χ0n) is 11.1. The maximum Gasteiger partial charge on any atom is 0.134 e. The fraction of sp³-hybridized carbons (Fsp3) is 0.400. The van der Waals surface area contributed by atoms with Crippen LogP contribution in [-0.4, -0.2) is 23.2 Å². The molecule has 19 heavy (non-hydrogen) atoms. The Morgan fingerprint density at radius 2 is 2.05 bits per heavy atom. The first-order valence-corrected chi connectivity index (χ1v) is 7.42. The molecule has 0 aliphatic rings. The van der Waals surface area contributed by atoms with E-state index in [1.807, 2.05) is 19.1 Å². The van der Waals surface area contributed by atoms with Crippen molar-refractivity contribution in [3.8, 4) is 0 Å². The smallest absolute Gasteiger partial charge is 0.134 e. The molecule has 0 unspecified atom stereocenters. The molecule has 0 fully saturated rings. The number of aliphatic hydroxyl groups excluding tert-OH is 1. The van der Waals surface area contributed by atoms with Crippen LogP contribution in [0.2, 0.25) is 0 Å². The molecule has 2 aromatic rings. The van der Waals surface area contributed by atoms with E-state index in [1.54, 1.807) is 0 Å². The Morgan fingerprint density at radius 1 is 1.21 bits per heavy atom. The Kier molecular flexibility index (Phi) is 5.16. The standard InChI is InChI=1S/C15H19BrN2O/c1-11-10-13-12(6-5-7-14(13)16)15(18-11)17-8-3-2-4-9-19/h5-7,10,19H,2-4,8-9H2,1H3,(H,17,18). The van der Waals surface area contributed by atoms with Gasteiger partial charge in [0.05, 0.1) is 0 Å². The highest BCUT2D eigenvalue weighted by Gasteiger charge is 2.06. The second-order valence-electron chi connectivity index (χ2n) is 4.66. The zero-order chi connectivity index (χ0) is 13.7. The van der Waals surface area contributed by atoms with Crippen molar-refractivity contribution >= 4 is 32.5 Å². The minimum absolute atomic E-state index is 0.276. The molecule has 2 N–H and O–H groups in total. The second-order valence-corrected chi connectivity index (χ2v) is 5.51. The van der Waals surface area contributed by atoms with E-state index in [0.29, 0.717) is 0 Å². The van der Waals surface area contributed by atoms with Gasteiger partial charge in [0.15, 0.2) is 0 Å². The van der Waals surface area contributed by atoms with E-state index >= 15 is 0 Å². The van der Waals surface area contributed by atoms with E-state index in [0.717, 1.165) is 47.2 Å². The van der Waals surface area contributed by atoms with Crippen LogP contribution in [0.5, 0.6) is 0 Å². The fourth-order valence-corrected chi connectivity index (χ4v) is 2.60. The van der Waals surface area contributed by atoms with Crippen LogP contribution in [0, 0.1) is 6.92 Å². The first-order chi connectivity index (χ1) is 9.22. The van der Waals surface area contributed by atoms with Crippen LogP contribution in [0.3, 0.4) is 0 Å². The second kappa shape index (κ2) is 6.87. The predicted molar refractivity (Wildman–Crippen MR) is 83.6 cm³/mol. The van der Waals surface area contributed by atoms with Gasteiger partial charge in [-0.2, -0.15) is 0 Å². The number of aryl methyl sites for hydroxylation is 1. The van der Waals surface area contributed by atoms with Crippen molar-refractivity contribution in [2.45, 2.75) is 26.2 Å². The molecule has 0 radical (unpaired) electrons. The summed E-state index contributed by atoms with van der Waals surface area (Å²) in [6, 6.07) is 8.26. The fourth-order valence-electron chi connectivity index (χ4n) is 2.12. The van der Waals surface area contributed by atoms with Crippen LogP contribution in [-0.2, 0) is 0 Å². The minimum Gasteiger partial charge on any atom is -0.396 e. The summed E-state index contributed by atoms with van der Waals surface area (Å²) in [7, 11) is 0. The number of nitrogens with zero attached hydrogens (tertiary/aromatic N) is 1. The summed E-state index contributed by atoms with van der Waals surface area (Å²) >= 11 is 3.58. The summed E-state index contributed by atoms with van der Waals surface area (Å²) in [5, 5.41) is 14.5. The van der Waals surface area contributed by atoms with Gasteiger partial charge in [-0.15, -0.1) is 0 Å². The number of aliphatic hydroxyl groups is 1. The highest BCUT2D eigenvalue weighted by Crippen LogP contribution is 2.28. The van der Waals surface area contributed by atoms with Crippen LogP contribution >= 0.6 is 15.9 Å². The predicted octanol–water partition coefficient (Wildman–Crippen LogP) is 3.88. The topological polar surface area (TPSA) is 45.1 Å². The Hall–Kier alpha value is -1.13. The molecule has 0 aliphatic carbocycles. The van der Waals surface area contributed by atoms with Gasteiger partial charge in [0, 0.05) is 34.1 Å². The molecular formula is C15H19BrN2O. The van der Waals surface area contributed by atoms with E-state index in [2.05, 4.69) is 38.4 Å². The van der Waals surface area contributed by atoms with E-state index in [-0.39, 0.29) is 6.61 Å². The van der Waals surface area contributed by atoms with Gasteiger partial charge in [-0.3, -0.25) is 0 Å². The number of unbranched alkanes of at least 4 members (excludes halogenated alkanes) is 2. The van der Waals surface area contributed by atoms with Crippen LogP contribution in [0.4, 0.5) is 5.82 Å². The Morgan fingerprint density at radius 3 is 2.84 bits per heavy atom. The number of hydrogen-bond donors (Lipinski definition) is 2. The summed E-state index contributed by atoms with van der Waals surface area (Å²) in [4.78, 5) is 4.58. The molecular weight excluding hydrogens is 304 g/mol. The summed E-state index contributed by atoms with van der Waals surface area (Å²) in [5.41, 5.74) is 1.01. The van der Waals surface area contributed by atoms with Gasteiger partial charge < -0.3 is 10.4 Å². The molecule has 0 saturated carbocycles. The maximum atomic E-state index is 8.75. The average Bonchev–Trinajstić information content (AvgIpc) is 2.39. The van der Waals surface area contributed by atoms with Crippen molar-refractivity contribution in [3.63, 3.8) is 0 Å². The lowest BCUT2D eigenvalue weighted by molar-refractivity contribution is 0.283. The molecule has 0 saturated heterocycles. The summed E-state index contributed by atoms with van der Waals surface area (Å²) in [6.07, 6.45) is 2.96. The highest BCUT2D eigenvalue weighted by atomic mass is 79.9. The van der Waals surface area contributed by atoms with Crippen LogP contribution < -0.4 is 5.32 Å².